The zero-order valence-electron chi connectivity index (χ0n) is 13.5. The van der Waals surface area contributed by atoms with Crippen molar-refractivity contribution in [1.82, 2.24) is 14.6 Å². The standard InChI is InChI=1S/C16H17ClF3N3O2/c1-10-8-16(19,20)5-6-22(10)9-23-14(21-25-15(23)24)7-11-12(17)3-2-4-13(11)18/h2-4,10H,5-9H2,1H3. The van der Waals surface area contributed by atoms with Crippen molar-refractivity contribution in [1.29, 1.82) is 0 Å². The van der Waals surface area contributed by atoms with Gasteiger partial charge < -0.3 is 0 Å². The molecule has 1 aromatic heterocycles. The normalized spacial score (nSPS) is 20.8. The van der Waals surface area contributed by atoms with Gasteiger partial charge in [-0.25, -0.2) is 22.5 Å². The van der Waals surface area contributed by atoms with E-state index in [0.29, 0.717) is 0 Å². The number of halogens is 4. The smallest absolute Gasteiger partial charge is 0.296 e. The second-order valence-corrected chi connectivity index (χ2v) is 6.69. The van der Waals surface area contributed by atoms with Gasteiger partial charge in [0.25, 0.3) is 5.92 Å². The van der Waals surface area contributed by atoms with Crippen LogP contribution in [0.1, 0.15) is 31.2 Å². The maximum Gasteiger partial charge on any atom is 0.442 e. The van der Waals surface area contributed by atoms with E-state index in [2.05, 4.69) is 9.68 Å². The minimum Gasteiger partial charge on any atom is -0.296 e. The van der Waals surface area contributed by atoms with Crippen molar-refractivity contribution >= 4 is 11.6 Å². The zero-order chi connectivity index (χ0) is 18.2. The molecule has 1 saturated heterocycles. The summed E-state index contributed by atoms with van der Waals surface area (Å²) in [5, 5.41) is 3.90. The molecule has 2 aromatic rings. The van der Waals surface area contributed by atoms with Crippen molar-refractivity contribution in [2.45, 2.75) is 44.8 Å². The van der Waals surface area contributed by atoms with E-state index >= 15 is 0 Å². The fraction of sp³-hybridized carbons (Fsp3) is 0.500. The van der Waals surface area contributed by atoms with E-state index in [4.69, 9.17) is 11.6 Å². The molecule has 0 amide bonds. The molecule has 1 fully saturated rings. The topological polar surface area (TPSA) is 51.3 Å². The van der Waals surface area contributed by atoms with E-state index in [-0.39, 0.29) is 48.9 Å². The molecule has 1 unspecified atom stereocenters. The number of benzene rings is 1. The van der Waals surface area contributed by atoms with Crippen LogP contribution in [0.5, 0.6) is 0 Å². The summed E-state index contributed by atoms with van der Waals surface area (Å²) in [5.74, 6) is -3.73. The predicted molar refractivity (Wildman–Crippen MR) is 85.3 cm³/mol. The number of hydrogen-bond donors (Lipinski definition) is 0. The molecule has 136 valence electrons. The molecule has 0 bridgehead atoms. The van der Waals surface area contributed by atoms with Gasteiger partial charge in [-0.2, -0.15) is 0 Å². The molecular formula is C16H17ClF3N3O2. The van der Waals surface area contributed by atoms with Crippen LogP contribution in [0, 0.1) is 5.82 Å². The van der Waals surface area contributed by atoms with Crippen molar-refractivity contribution in [3.63, 3.8) is 0 Å². The third kappa shape index (κ3) is 3.90. The van der Waals surface area contributed by atoms with Crippen LogP contribution in [0.3, 0.4) is 0 Å². The molecule has 9 heteroatoms. The van der Waals surface area contributed by atoms with Gasteiger partial charge in [0.1, 0.15) is 5.82 Å². The van der Waals surface area contributed by atoms with Gasteiger partial charge in [0, 0.05) is 42.4 Å². The number of likely N-dealkylation sites (tertiary alicyclic amines) is 1. The van der Waals surface area contributed by atoms with Crippen molar-refractivity contribution < 1.29 is 17.7 Å². The predicted octanol–water partition coefficient (Wildman–Crippen LogP) is 3.30. The van der Waals surface area contributed by atoms with Crippen LogP contribution < -0.4 is 5.76 Å². The lowest BCUT2D eigenvalue weighted by Crippen LogP contribution is -2.47. The van der Waals surface area contributed by atoms with E-state index in [1.54, 1.807) is 11.8 Å². The van der Waals surface area contributed by atoms with Crippen molar-refractivity contribution in [2.24, 2.45) is 0 Å². The van der Waals surface area contributed by atoms with E-state index in [0.717, 1.165) is 0 Å². The molecule has 1 aliphatic heterocycles. The van der Waals surface area contributed by atoms with Gasteiger partial charge in [-0.1, -0.05) is 22.8 Å². The molecule has 0 saturated carbocycles. The van der Waals surface area contributed by atoms with Gasteiger partial charge >= 0.3 is 5.76 Å². The Labute approximate surface area is 147 Å². The highest BCUT2D eigenvalue weighted by Gasteiger charge is 2.38. The zero-order valence-corrected chi connectivity index (χ0v) is 14.3. The van der Waals surface area contributed by atoms with Crippen LogP contribution in [0.2, 0.25) is 5.02 Å². The Bertz CT molecular complexity index is 801. The molecule has 5 nitrogen and oxygen atoms in total. The summed E-state index contributed by atoms with van der Waals surface area (Å²) in [6.07, 6.45) is -0.580. The minimum absolute atomic E-state index is 0.0321. The quantitative estimate of drug-likeness (QED) is 0.822. The third-order valence-electron chi connectivity index (χ3n) is 4.46. The highest BCUT2D eigenvalue weighted by atomic mass is 35.5. The van der Waals surface area contributed by atoms with Gasteiger partial charge in [0.05, 0.1) is 6.67 Å². The van der Waals surface area contributed by atoms with Crippen LogP contribution in [0.4, 0.5) is 13.2 Å². The number of aromatic nitrogens is 2. The van der Waals surface area contributed by atoms with Gasteiger partial charge in [0.2, 0.25) is 0 Å². The Kier molecular flexibility index (Phi) is 4.92. The number of nitrogens with zero attached hydrogens (tertiary/aromatic N) is 3. The van der Waals surface area contributed by atoms with Crippen LogP contribution in [-0.2, 0) is 13.1 Å². The highest BCUT2D eigenvalue weighted by molar-refractivity contribution is 6.31. The summed E-state index contributed by atoms with van der Waals surface area (Å²) < 4.78 is 46.8. The average Bonchev–Trinajstić information content (AvgIpc) is 2.86. The lowest BCUT2D eigenvalue weighted by molar-refractivity contribution is -0.0817. The van der Waals surface area contributed by atoms with Gasteiger partial charge in [-0.05, 0) is 19.1 Å². The summed E-state index contributed by atoms with van der Waals surface area (Å²) in [7, 11) is 0. The monoisotopic (exact) mass is 375 g/mol. The molecule has 25 heavy (non-hydrogen) atoms. The Morgan fingerprint density at radius 1 is 1.44 bits per heavy atom. The Morgan fingerprint density at radius 3 is 2.88 bits per heavy atom. The molecule has 0 N–H and O–H groups in total. The van der Waals surface area contributed by atoms with Crippen molar-refractivity contribution in [3.8, 4) is 0 Å². The van der Waals surface area contributed by atoms with E-state index in [1.165, 1.54) is 22.8 Å². The molecule has 2 heterocycles. The summed E-state index contributed by atoms with van der Waals surface area (Å²) in [6, 6.07) is 3.87. The average molecular weight is 376 g/mol. The maximum absolute atomic E-state index is 14.0. The lowest BCUT2D eigenvalue weighted by Gasteiger charge is -2.37. The number of alkyl halides is 2. The SMILES string of the molecule is CC1CC(F)(F)CCN1Cn1c(Cc2c(F)cccc2Cl)noc1=O. The van der Waals surface area contributed by atoms with Crippen molar-refractivity contribution in [3.05, 3.63) is 51.0 Å². The number of rotatable bonds is 4. The maximum atomic E-state index is 14.0. The molecule has 3 rings (SSSR count). The molecule has 0 aliphatic carbocycles. The minimum atomic E-state index is -2.70. The van der Waals surface area contributed by atoms with E-state index in [9.17, 15) is 18.0 Å². The fourth-order valence-electron chi connectivity index (χ4n) is 3.00. The van der Waals surface area contributed by atoms with Gasteiger partial charge in [0.15, 0.2) is 5.82 Å². The van der Waals surface area contributed by atoms with Crippen LogP contribution in [-0.4, -0.2) is 33.1 Å². The van der Waals surface area contributed by atoms with Gasteiger partial charge in [-0.15, -0.1) is 0 Å². The molecule has 0 radical (unpaired) electrons. The van der Waals surface area contributed by atoms with E-state index < -0.39 is 23.5 Å². The molecule has 1 aromatic carbocycles. The first kappa shape index (κ1) is 18.0. The highest BCUT2D eigenvalue weighted by Crippen LogP contribution is 2.32. The number of hydrogen-bond acceptors (Lipinski definition) is 4. The van der Waals surface area contributed by atoms with Gasteiger partial charge in [-0.3, -0.25) is 9.42 Å². The first-order valence-electron chi connectivity index (χ1n) is 7.87. The second-order valence-electron chi connectivity index (χ2n) is 6.28. The lowest BCUT2D eigenvalue weighted by atomic mass is 10.0. The van der Waals surface area contributed by atoms with Crippen LogP contribution in [0.15, 0.2) is 27.5 Å². The first-order valence-corrected chi connectivity index (χ1v) is 8.25. The van der Waals surface area contributed by atoms with E-state index in [1.807, 2.05) is 0 Å². The summed E-state index contributed by atoms with van der Waals surface area (Å²) >= 11 is 6.01. The molecule has 1 atom stereocenters. The Balaban J connectivity index is 1.82. The molecule has 0 spiro atoms. The molecule has 1 aliphatic rings. The second kappa shape index (κ2) is 6.84. The third-order valence-corrected chi connectivity index (χ3v) is 4.82. The van der Waals surface area contributed by atoms with Crippen LogP contribution >= 0.6 is 11.6 Å². The molecular weight excluding hydrogens is 359 g/mol. The Morgan fingerprint density at radius 2 is 2.20 bits per heavy atom. The number of piperidine rings is 1. The van der Waals surface area contributed by atoms with Crippen LogP contribution in [0.25, 0.3) is 0 Å². The largest absolute Gasteiger partial charge is 0.442 e. The Hall–Kier alpha value is -1.80. The summed E-state index contributed by atoms with van der Waals surface area (Å²) in [4.78, 5) is 13.7. The fourth-order valence-corrected chi connectivity index (χ4v) is 3.23. The van der Waals surface area contributed by atoms with Crippen molar-refractivity contribution in [2.75, 3.05) is 6.54 Å². The first-order chi connectivity index (χ1) is 11.8. The summed E-state index contributed by atoms with van der Waals surface area (Å²) in [6.45, 7) is 1.88. The summed E-state index contributed by atoms with van der Waals surface area (Å²) in [5.41, 5.74) is 0.199.